The van der Waals surface area contributed by atoms with Gasteiger partial charge in [0.25, 0.3) is 0 Å². The Morgan fingerprint density at radius 3 is 0.500 bits per heavy atom. The van der Waals surface area contributed by atoms with E-state index in [9.17, 15) is 0 Å². The molecule has 0 spiro atoms. The molecule has 0 rings (SSSR count). The number of rotatable bonds is 0. The van der Waals surface area contributed by atoms with E-state index in [2.05, 4.69) is 0 Å². The Balaban J connectivity index is 0. The van der Waals surface area contributed by atoms with Crippen LogP contribution in [0.2, 0.25) is 0 Å². The summed E-state index contributed by atoms with van der Waals surface area (Å²) in [5.74, 6) is 0. The maximum Gasteiger partial charge on any atom is 0 e. The van der Waals surface area contributed by atoms with Gasteiger partial charge in [0.15, 0.2) is 0 Å². The SMILES string of the molecule is [Pd].[Pd].[Pd].[U]. The first-order valence-corrected chi connectivity index (χ1v) is 0. The van der Waals surface area contributed by atoms with Crippen LogP contribution >= 0.6 is 0 Å². The topological polar surface area (TPSA) is 0 Å². The Morgan fingerprint density at radius 2 is 0.500 bits per heavy atom. The molecule has 0 aromatic rings. The first-order chi connectivity index (χ1) is 0. The Hall–Kier alpha value is 3.04. The average molecular weight is 557 g/mol. The van der Waals surface area contributed by atoms with E-state index >= 15 is 0 Å². The fourth-order valence-corrected chi connectivity index (χ4v) is 0. The standard InChI is InChI=1S/3Pd.U. The third-order valence-electron chi connectivity index (χ3n) is 0. The summed E-state index contributed by atoms with van der Waals surface area (Å²) in [4.78, 5) is 0. The monoisotopic (exact) mass is 556 g/mol. The van der Waals surface area contributed by atoms with E-state index in [1.54, 1.807) is 0 Å². The maximum absolute atomic E-state index is 0. The fraction of sp³-hybridized carbons (Fsp3) is 0. The fourth-order valence-electron chi connectivity index (χ4n) is 0. The van der Waals surface area contributed by atoms with Crippen molar-refractivity contribution in [2.75, 3.05) is 0 Å². The largest absolute Gasteiger partial charge is 0 e. The smallest absolute Gasteiger partial charge is 0 e. The number of hydrogen-bond donors (Lipinski definition) is 0. The first kappa shape index (κ1) is 27.8. The van der Waals surface area contributed by atoms with Gasteiger partial charge >= 0.3 is 0 Å². The molecule has 0 aliphatic carbocycles. The summed E-state index contributed by atoms with van der Waals surface area (Å²) in [6.07, 6.45) is 0. The van der Waals surface area contributed by atoms with Crippen molar-refractivity contribution < 1.29 is 92.4 Å². The molecule has 0 aromatic heterocycles. The molecule has 0 nitrogen and oxygen atoms in total. The Kier molecular flexibility index (Phi) is 115. The zero-order chi connectivity index (χ0) is 0. The van der Waals surface area contributed by atoms with Crippen LogP contribution in [0.5, 0.6) is 0 Å². The molecular weight excluding hydrogens is 557 g/mol. The van der Waals surface area contributed by atoms with E-state index in [1.165, 1.54) is 0 Å². The zero-order valence-electron chi connectivity index (χ0n) is 1.45. The molecule has 0 unspecified atom stereocenters. The summed E-state index contributed by atoms with van der Waals surface area (Å²) in [5, 5.41) is 0. The van der Waals surface area contributed by atoms with Crippen LogP contribution in [-0.2, 0) is 61.3 Å². The summed E-state index contributed by atoms with van der Waals surface area (Å²) in [5.41, 5.74) is 0. The van der Waals surface area contributed by atoms with Crippen LogP contribution in [0.4, 0.5) is 0 Å². The van der Waals surface area contributed by atoms with Crippen LogP contribution in [0.15, 0.2) is 0 Å². The van der Waals surface area contributed by atoms with E-state index in [0.29, 0.717) is 0 Å². The van der Waals surface area contributed by atoms with Crippen molar-refractivity contribution in [1.82, 2.24) is 0 Å². The molecule has 0 aliphatic heterocycles. The third-order valence-corrected chi connectivity index (χ3v) is 0. The Morgan fingerprint density at radius 1 is 0.500 bits per heavy atom. The minimum Gasteiger partial charge on any atom is 0 e. The van der Waals surface area contributed by atoms with Crippen molar-refractivity contribution >= 4 is 0 Å². The second-order valence-electron chi connectivity index (χ2n) is 0. The zero-order valence-corrected chi connectivity index (χ0v) is 10.3. The second-order valence-corrected chi connectivity index (χ2v) is 0. The molecule has 0 N–H and O–H groups in total. The molecule has 0 atom stereocenters. The van der Waals surface area contributed by atoms with Crippen LogP contribution in [-0.4, -0.2) is 0 Å². The molecule has 0 saturated carbocycles. The van der Waals surface area contributed by atoms with Gasteiger partial charge in [0.1, 0.15) is 0 Å². The van der Waals surface area contributed by atoms with E-state index in [0.717, 1.165) is 0 Å². The van der Waals surface area contributed by atoms with Gasteiger partial charge in [-0.3, -0.25) is 0 Å². The van der Waals surface area contributed by atoms with Gasteiger partial charge in [-0.05, 0) is 0 Å². The average Bonchev–Trinajstić information content (AvgIpc) is 0. The van der Waals surface area contributed by atoms with Crippen LogP contribution in [0.3, 0.4) is 0 Å². The van der Waals surface area contributed by atoms with Gasteiger partial charge < -0.3 is 0 Å². The molecule has 0 aliphatic rings. The molecule has 34 valence electrons. The van der Waals surface area contributed by atoms with Gasteiger partial charge in [0.2, 0.25) is 0 Å². The van der Waals surface area contributed by atoms with Crippen molar-refractivity contribution in [3.05, 3.63) is 0 Å². The van der Waals surface area contributed by atoms with Crippen molar-refractivity contribution in [1.29, 1.82) is 0 Å². The van der Waals surface area contributed by atoms with Gasteiger partial charge in [-0.15, -0.1) is 0 Å². The first-order valence-electron chi connectivity index (χ1n) is 0. The van der Waals surface area contributed by atoms with Gasteiger partial charge in [-0.2, -0.15) is 0 Å². The summed E-state index contributed by atoms with van der Waals surface area (Å²) < 4.78 is 0. The molecule has 0 aromatic carbocycles. The van der Waals surface area contributed by atoms with E-state index in [4.69, 9.17) is 0 Å². The Labute approximate surface area is 90.6 Å². The molecule has 0 amide bonds. The van der Waals surface area contributed by atoms with E-state index in [-0.39, 0.29) is 92.4 Å². The minimum atomic E-state index is 0. The van der Waals surface area contributed by atoms with Crippen LogP contribution < -0.4 is 0 Å². The molecule has 4 heteroatoms. The predicted octanol–water partition coefficient (Wildman–Crippen LogP) is -0.00750. The summed E-state index contributed by atoms with van der Waals surface area (Å²) in [6.45, 7) is 0. The van der Waals surface area contributed by atoms with Crippen LogP contribution in [0, 0.1) is 31.1 Å². The van der Waals surface area contributed by atoms with Crippen LogP contribution in [0.1, 0.15) is 0 Å². The molecule has 0 bridgehead atoms. The Bertz CT molecular complexity index is 3.25. The molecule has 0 heterocycles. The van der Waals surface area contributed by atoms with Crippen molar-refractivity contribution in [2.45, 2.75) is 0 Å². The maximum atomic E-state index is 0. The third kappa shape index (κ3) is 8.90. The molecule has 0 radical (unpaired) electrons. The molecule has 0 fully saturated rings. The second kappa shape index (κ2) is 16.6. The molecule has 0 saturated heterocycles. The van der Waals surface area contributed by atoms with Gasteiger partial charge in [-0.25, -0.2) is 0 Å². The minimum absolute atomic E-state index is 0. The number of hydrogen-bond acceptors (Lipinski definition) is 0. The normalized spacial score (nSPS) is 0. The van der Waals surface area contributed by atoms with Gasteiger partial charge in [-0.1, -0.05) is 0 Å². The van der Waals surface area contributed by atoms with Crippen LogP contribution in [0.25, 0.3) is 0 Å². The van der Waals surface area contributed by atoms with Crippen molar-refractivity contribution in [2.24, 2.45) is 0 Å². The van der Waals surface area contributed by atoms with Gasteiger partial charge in [0.05, 0.1) is 0 Å². The quantitative estimate of drug-likeness (QED) is 0.368. The predicted molar refractivity (Wildman–Crippen MR) is 0 cm³/mol. The molecule has 4 heavy (non-hydrogen) atoms. The van der Waals surface area contributed by atoms with Crippen molar-refractivity contribution in [3.8, 4) is 0 Å². The van der Waals surface area contributed by atoms with E-state index < -0.39 is 0 Å². The van der Waals surface area contributed by atoms with E-state index in [1.807, 2.05) is 0 Å². The summed E-state index contributed by atoms with van der Waals surface area (Å²) in [7, 11) is 0. The summed E-state index contributed by atoms with van der Waals surface area (Å²) >= 11 is 0. The summed E-state index contributed by atoms with van der Waals surface area (Å²) in [6, 6.07) is 0. The van der Waals surface area contributed by atoms with Gasteiger partial charge in [0, 0.05) is 92.4 Å². The molecular formula is Pd3U. The van der Waals surface area contributed by atoms with Crippen molar-refractivity contribution in [3.63, 3.8) is 0 Å².